The molecule has 282 valence electrons. The van der Waals surface area contributed by atoms with Crippen molar-refractivity contribution in [1.82, 2.24) is 9.38 Å². The number of aromatic nitrogens is 2. The van der Waals surface area contributed by atoms with Crippen molar-refractivity contribution >= 4 is 18.4 Å². The lowest BCUT2D eigenvalue weighted by Gasteiger charge is -2.54. The third-order valence-electron chi connectivity index (χ3n) is 12.1. The van der Waals surface area contributed by atoms with Crippen molar-refractivity contribution in [2.75, 3.05) is 5.23 Å². The van der Waals surface area contributed by atoms with Crippen molar-refractivity contribution in [1.29, 1.82) is 0 Å². The largest absolute Gasteiger partial charge is 0.478 e. The van der Waals surface area contributed by atoms with Crippen LogP contribution in [0.4, 0.5) is 5.69 Å². The summed E-state index contributed by atoms with van der Waals surface area (Å²) in [7, 11) is 4.40. The Morgan fingerprint density at radius 2 is 1.02 bits per heavy atom. The molecular formula is C50H60BN4+. The highest BCUT2D eigenvalue weighted by Gasteiger charge is 2.52. The number of nitrogens with one attached hydrogen (secondary N) is 1. The molecule has 1 saturated heterocycles. The summed E-state index contributed by atoms with van der Waals surface area (Å²) in [5, 5.41) is 4.48. The highest BCUT2D eigenvalue weighted by Crippen LogP contribution is 2.47. The zero-order chi connectivity index (χ0) is 39.0. The van der Waals surface area contributed by atoms with E-state index in [2.05, 4.69) is 228 Å². The van der Waals surface area contributed by atoms with Crippen LogP contribution in [-0.4, -0.2) is 27.4 Å². The maximum atomic E-state index is 4.48. The molecular weight excluding hydrogens is 667 g/mol. The number of benzene rings is 5. The Hall–Kier alpha value is -4.87. The summed E-state index contributed by atoms with van der Waals surface area (Å²) in [6.07, 6.45) is 7.89. The molecule has 1 aliphatic rings. The van der Waals surface area contributed by atoms with Gasteiger partial charge in [-0.25, -0.2) is 9.13 Å². The van der Waals surface area contributed by atoms with Crippen molar-refractivity contribution in [3.05, 3.63) is 185 Å². The molecule has 0 unspecified atom stereocenters. The van der Waals surface area contributed by atoms with Crippen LogP contribution in [0.2, 0.25) is 0 Å². The van der Waals surface area contributed by atoms with Crippen LogP contribution in [0.15, 0.2) is 146 Å². The normalized spacial score (nSPS) is 15.7. The fourth-order valence-electron chi connectivity index (χ4n) is 9.51. The van der Waals surface area contributed by atoms with Gasteiger partial charge in [-0.05, 0) is 91.3 Å². The minimum absolute atomic E-state index is 0.0108. The molecule has 5 heteroatoms. The van der Waals surface area contributed by atoms with E-state index >= 15 is 0 Å². The van der Waals surface area contributed by atoms with Gasteiger partial charge < -0.3 is 10.0 Å². The number of piperidine rings is 1. The van der Waals surface area contributed by atoms with Crippen LogP contribution in [0, 0.1) is 0 Å². The maximum Gasteiger partial charge on any atom is 0.478 e. The van der Waals surface area contributed by atoms with Gasteiger partial charge in [-0.2, -0.15) is 0 Å². The number of aryl methyl sites for hydroxylation is 2. The second kappa shape index (κ2) is 15.3. The maximum absolute atomic E-state index is 4.48. The van der Waals surface area contributed by atoms with Gasteiger partial charge in [0.25, 0.3) is 5.72 Å². The molecule has 1 aromatic heterocycles. The smallest absolute Gasteiger partial charge is 0.404 e. The SMILES string of the molecule is Cn1cc[n+](C)c1B(Nc1c(C(c2ccccc2)c2ccccc2)cc(C(C)(C)C)cc1C(c1ccccc1)c1ccccc1)N1C(C)(C)CCCC1(C)C. The fourth-order valence-corrected chi connectivity index (χ4v) is 9.51. The highest BCUT2D eigenvalue weighted by molar-refractivity contribution is 6.72. The summed E-state index contributed by atoms with van der Waals surface area (Å²) in [4.78, 5) is 2.80. The van der Waals surface area contributed by atoms with Crippen LogP contribution in [0.3, 0.4) is 0 Å². The third kappa shape index (κ3) is 7.82. The number of anilines is 1. The van der Waals surface area contributed by atoms with E-state index in [0.717, 1.165) is 12.8 Å². The first kappa shape index (κ1) is 38.4. The van der Waals surface area contributed by atoms with Gasteiger partial charge in [-0.1, -0.05) is 154 Å². The number of nitrogens with zero attached hydrogens (tertiary/aromatic N) is 3. The first-order valence-electron chi connectivity index (χ1n) is 20.2. The minimum Gasteiger partial charge on any atom is -0.404 e. The van der Waals surface area contributed by atoms with E-state index < -0.39 is 0 Å². The van der Waals surface area contributed by atoms with Crippen molar-refractivity contribution in [2.24, 2.45) is 14.1 Å². The van der Waals surface area contributed by atoms with Crippen LogP contribution in [0.1, 0.15) is 119 Å². The Morgan fingerprint density at radius 3 is 1.35 bits per heavy atom. The van der Waals surface area contributed by atoms with E-state index in [1.165, 1.54) is 56.8 Å². The van der Waals surface area contributed by atoms with Gasteiger partial charge in [0.2, 0.25) is 0 Å². The summed E-state index contributed by atoms with van der Waals surface area (Å²) in [6, 6.07) is 49.6. The summed E-state index contributed by atoms with van der Waals surface area (Å²) in [6.45, 7) is 16.7. The molecule has 5 aromatic carbocycles. The Bertz CT molecular complexity index is 1960. The number of hydrogen-bond acceptors (Lipinski definition) is 2. The lowest BCUT2D eigenvalue weighted by molar-refractivity contribution is -0.653. The molecule has 0 bridgehead atoms. The Morgan fingerprint density at radius 1 is 0.636 bits per heavy atom. The third-order valence-corrected chi connectivity index (χ3v) is 12.1. The van der Waals surface area contributed by atoms with Crippen LogP contribution >= 0.6 is 0 Å². The molecule has 7 rings (SSSR count). The van der Waals surface area contributed by atoms with Gasteiger partial charge in [-0.15, -0.1) is 0 Å². The molecule has 1 N–H and O–H groups in total. The van der Waals surface area contributed by atoms with Crippen molar-refractivity contribution < 1.29 is 4.57 Å². The zero-order valence-electron chi connectivity index (χ0n) is 34.6. The first-order valence-corrected chi connectivity index (χ1v) is 20.2. The van der Waals surface area contributed by atoms with E-state index in [1.54, 1.807) is 0 Å². The van der Waals surface area contributed by atoms with Crippen molar-refractivity contribution in [2.45, 2.75) is 96.1 Å². The highest BCUT2D eigenvalue weighted by atomic mass is 15.3. The first-order chi connectivity index (χ1) is 26.3. The molecule has 0 aliphatic carbocycles. The standard InChI is InChI=1S/C50H60BN4/c1-48(2,3)41-35-42(44(37-23-14-10-15-24-37)38-25-16-11-17-26-38)46(43(36-41)45(39-27-18-12-19-28-39)40-29-20-13-21-30-40)52-51(47-53(8)33-34-54(47)9)55-49(4,5)31-22-32-50(55,6)7/h10-21,23-30,33-36,44-45,52H,22,31-32H2,1-9H3/q+1. The average Bonchev–Trinajstić information content (AvgIpc) is 3.49. The summed E-state index contributed by atoms with van der Waals surface area (Å²) < 4.78 is 4.64. The Kier molecular flexibility index (Phi) is 10.7. The minimum atomic E-state index is -0.132. The van der Waals surface area contributed by atoms with Crippen molar-refractivity contribution in [3.8, 4) is 0 Å². The van der Waals surface area contributed by atoms with Gasteiger partial charge in [-0.3, -0.25) is 0 Å². The lowest BCUT2D eigenvalue weighted by Crippen LogP contribution is -2.75. The second-order valence-corrected chi connectivity index (χ2v) is 18.1. The van der Waals surface area contributed by atoms with E-state index in [0.29, 0.717) is 0 Å². The molecule has 0 spiro atoms. The van der Waals surface area contributed by atoms with Crippen LogP contribution in [-0.2, 0) is 19.5 Å². The summed E-state index contributed by atoms with van der Waals surface area (Å²) in [5.41, 5.74) is 11.3. The summed E-state index contributed by atoms with van der Waals surface area (Å²) >= 11 is 0. The van der Waals surface area contributed by atoms with Gasteiger partial charge >= 0.3 is 6.98 Å². The Labute approximate surface area is 331 Å². The predicted octanol–water partition coefficient (Wildman–Crippen LogP) is 10.4. The quantitative estimate of drug-likeness (QED) is 0.0863. The monoisotopic (exact) mass is 727 g/mol. The molecule has 1 aliphatic heterocycles. The van der Waals surface area contributed by atoms with Crippen LogP contribution in [0.5, 0.6) is 0 Å². The van der Waals surface area contributed by atoms with E-state index in [-0.39, 0.29) is 35.3 Å². The fraction of sp³-hybridized carbons (Fsp3) is 0.340. The molecule has 0 atom stereocenters. The molecule has 0 radical (unpaired) electrons. The van der Waals surface area contributed by atoms with Gasteiger partial charge in [0.1, 0.15) is 12.4 Å². The van der Waals surface area contributed by atoms with E-state index in [4.69, 9.17) is 0 Å². The molecule has 1 fully saturated rings. The van der Waals surface area contributed by atoms with E-state index in [1.807, 2.05) is 0 Å². The number of hydrogen-bond donors (Lipinski definition) is 1. The van der Waals surface area contributed by atoms with Crippen LogP contribution in [0.25, 0.3) is 0 Å². The average molecular weight is 728 g/mol. The Balaban J connectivity index is 1.62. The molecule has 6 aromatic rings. The molecule has 2 heterocycles. The van der Waals surface area contributed by atoms with Gasteiger partial charge in [0.15, 0.2) is 0 Å². The van der Waals surface area contributed by atoms with Gasteiger partial charge in [0, 0.05) is 28.6 Å². The van der Waals surface area contributed by atoms with E-state index in [9.17, 15) is 0 Å². The topological polar surface area (TPSA) is 24.1 Å². The molecule has 0 saturated carbocycles. The zero-order valence-corrected chi connectivity index (χ0v) is 34.6. The second-order valence-electron chi connectivity index (χ2n) is 18.1. The predicted molar refractivity (Wildman–Crippen MR) is 232 cm³/mol. The lowest BCUT2D eigenvalue weighted by atomic mass is 9.61. The van der Waals surface area contributed by atoms with Gasteiger partial charge in [0.05, 0.1) is 14.1 Å². The molecule has 0 amide bonds. The van der Waals surface area contributed by atoms with Crippen LogP contribution < -0.4 is 15.5 Å². The van der Waals surface area contributed by atoms with Crippen molar-refractivity contribution in [3.63, 3.8) is 0 Å². The number of rotatable bonds is 10. The molecule has 4 nitrogen and oxygen atoms in total. The summed E-state index contributed by atoms with van der Waals surface area (Å²) in [5.74, 6) is -0.0216. The number of imidazole rings is 1. The molecule has 55 heavy (non-hydrogen) atoms.